The third kappa shape index (κ3) is 1.09. The fourth-order valence-electron chi connectivity index (χ4n) is 2.46. The van der Waals surface area contributed by atoms with E-state index in [1.165, 1.54) is 45.4 Å². The lowest BCUT2D eigenvalue weighted by molar-refractivity contribution is 0.000241. The molecule has 0 amide bonds. The van der Waals surface area contributed by atoms with Gasteiger partial charge in [-0.2, -0.15) is 0 Å². The summed E-state index contributed by atoms with van der Waals surface area (Å²) in [5.41, 5.74) is 0.590. The number of hydrogen-bond donors (Lipinski definition) is 1. The summed E-state index contributed by atoms with van der Waals surface area (Å²) in [6.45, 7) is 7.21. The molecule has 1 N–H and O–H groups in total. The van der Waals surface area contributed by atoms with Gasteiger partial charge in [0.2, 0.25) is 0 Å². The van der Waals surface area contributed by atoms with E-state index in [0.29, 0.717) is 5.54 Å². The standard InChI is InChI=1S/C9H18N2/c1-2-11-7-6-10-8-9(11)4-3-5-9/h10H,2-8H2,1H3. The highest BCUT2D eigenvalue weighted by Crippen LogP contribution is 2.37. The first-order valence-electron chi connectivity index (χ1n) is 4.83. The van der Waals surface area contributed by atoms with Crippen molar-refractivity contribution in [2.24, 2.45) is 0 Å². The van der Waals surface area contributed by atoms with E-state index in [4.69, 9.17) is 0 Å². The van der Waals surface area contributed by atoms with Crippen LogP contribution in [0, 0.1) is 0 Å². The van der Waals surface area contributed by atoms with Crippen molar-refractivity contribution in [1.29, 1.82) is 0 Å². The first kappa shape index (κ1) is 7.56. The van der Waals surface area contributed by atoms with Crippen molar-refractivity contribution in [2.75, 3.05) is 26.2 Å². The minimum atomic E-state index is 0.590. The normalized spacial score (nSPS) is 30.3. The third-order valence-electron chi connectivity index (χ3n) is 3.35. The number of piperazine rings is 1. The number of hydrogen-bond acceptors (Lipinski definition) is 2. The van der Waals surface area contributed by atoms with Gasteiger partial charge in [0.25, 0.3) is 0 Å². The predicted molar refractivity (Wildman–Crippen MR) is 46.7 cm³/mol. The molecule has 0 unspecified atom stereocenters. The molecule has 1 spiro atoms. The maximum absolute atomic E-state index is 3.50. The smallest absolute Gasteiger partial charge is 0.0334 e. The van der Waals surface area contributed by atoms with E-state index in [-0.39, 0.29) is 0 Å². The van der Waals surface area contributed by atoms with Crippen molar-refractivity contribution in [1.82, 2.24) is 10.2 Å². The Morgan fingerprint density at radius 2 is 2.27 bits per heavy atom. The third-order valence-corrected chi connectivity index (χ3v) is 3.35. The molecule has 1 saturated carbocycles. The molecule has 64 valence electrons. The van der Waals surface area contributed by atoms with Crippen LogP contribution in [0.15, 0.2) is 0 Å². The van der Waals surface area contributed by atoms with Gasteiger partial charge in [-0.3, -0.25) is 4.90 Å². The highest BCUT2D eigenvalue weighted by atomic mass is 15.3. The summed E-state index contributed by atoms with van der Waals surface area (Å²) in [6, 6.07) is 0. The van der Waals surface area contributed by atoms with E-state index in [9.17, 15) is 0 Å². The Morgan fingerprint density at radius 1 is 1.45 bits per heavy atom. The summed E-state index contributed by atoms with van der Waals surface area (Å²) in [5.74, 6) is 0. The van der Waals surface area contributed by atoms with E-state index in [2.05, 4.69) is 17.1 Å². The van der Waals surface area contributed by atoms with Crippen LogP contribution in [0.4, 0.5) is 0 Å². The fourth-order valence-corrected chi connectivity index (χ4v) is 2.46. The van der Waals surface area contributed by atoms with Crippen molar-refractivity contribution in [2.45, 2.75) is 31.7 Å². The summed E-state index contributed by atoms with van der Waals surface area (Å²) < 4.78 is 0. The average Bonchev–Trinajstić information content (AvgIpc) is 2.01. The van der Waals surface area contributed by atoms with E-state index in [1.54, 1.807) is 0 Å². The first-order chi connectivity index (χ1) is 5.37. The van der Waals surface area contributed by atoms with Gasteiger partial charge in [-0.15, -0.1) is 0 Å². The number of nitrogens with zero attached hydrogens (tertiary/aromatic N) is 1. The van der Waals surface area contributed by atoms with E-state index >= 15 is 0 Å². The lowest BCUT2D eigenvalue weighted by atomic mass is 9.74. The minimum absolute atomic E-state index is 0.590. The summed E-state index contributed by atoms with van der Waals surface area (Å²) in [5, 5.41) is 3.50. The van der Waals surface area contributed by atoms with Crippen LogP contribution < -0.4 is 5.32 Å². The van der Waals surface area contributed by atoms with Crippen molar-refractivity contribution < 1.29 is 0 Å². The molecule has 11 heavy (non-hydrogen) atoms. The zero-order valence-corrected chi connectivity index (χ0v) is 7.40. The van der Waals surface area contributed by atoms with Crippen molar-refractivity contribution in [3.05, 3.63) is 0 Å². The molecule has 1 saturated heterocycles. The Hall–Kier alpha value is -0.0800. The van der Waals surface area contributed by atoms with Crippen LogP contribution in [0.1, 0.15) is 26.2 Å². The van der Waals surface area contributed by atoms with E-state index in [1.807, 2.05) is 0 Å². The molecule has 0 aromatic heterocycles. The molecule has 2 nitrogen and oxygen atoms in total. The largest absolute Gasteiger partial charge is 0.314 e. The maximum atomic E-state index is 3.50. The lowest BCUT2D eigenvalue weighted by Gasteiger charge is -2.53. The molecular weight excluding hydrogens is 136 g/mol. The highest BCUT2D eigenvalue weighted by molar-refractivity contribution is 5.01. The Balaban J connectivity index is 2.02. The van der Waals surface area contributed by atoms with Crippen LogP contribution in [-0.4, -0.2) is 36.6 Å². The molecule has 2 aliphatic rings. The van der Waals surface area contributed by atoms with Gasteiger partial charge in [-0.05, 0) is 25.8 Å². The lowest BCUT2D eigenvalue weighted by Crippen LogP contribution is -2.64. The maximum Gasteiger partial charge on any atom is 0.0334 e. The molecule has 2 heteroatoms. The molecule has 2 fully saturated rings. The van der Waals surface area contributed by atoms with Crippen LogP contribution in [0.2, 0.25) is 0 Å². The Bertz CT molecular complexity index is 140. The molecule has 0 aromatic rings. The minimum Gasteiger partial charge on any atom is -0.314 e. The molecule has 0 bridgehead atoms. The van der Waals surface area contributed by atoms with Gasteiger partial charge in [0, 0.05) is 25.2 Å². The predicted octanol–water partition coefficient (Wildman–Crippen LogP) is 0.834. The molecule has 0 aromatic carbocycles. The van der Waals surface area contributed by atoms with Crippen LogP contribution in [0.25, 0.3) is 0 Å². The SMILES string of the molecule is CCN1CCNCC12CCC2. The highest BCUT2D eigenvalue weighted by Gasteiger charge is 2.42. The zero-order chi connectivity index (χ0) is 7.73. The number of rotatable bonds is 1. The van der Waals surface area contributed by atoms with Crippen molar-refractivity contribution in [3.63, 3.8) is 0 Å². The second kappa shape index (κ2) is 2.76. The summed E-state index contributed by atoms with van der Waals surface area (Å²) in [4.78, 5) is 2.66. The van der Waals surface area contributed by atoms with Gasteiger partial charge in [-0.1, -0.05) is 6.92 Å². The molecule has 1 aliphatic heterocycles. The molecular formula is C9H18N2. The second-order valence-electron chi connectivity index (χ2n) is 3.83. The summed E-state index contributed by atoms with van der Waals surface area (Å²) >= 11 is 0. The van der Waals surface area contributed by atoms with Gasteiger partial charge in [0.15, 0.2) is 0 Å². The Kier molecular flexibility index (Phi) is 1.90. The number of nitrogens with one attached hydrogen (secondary N) is 1. The zero-order valence-electron chi connectivity index (χ0n) is 7.40. The van der Waals surface area contributed by atoms with Crippen molar-refractivity contribution in [3.8, 4) is 0 Å². The summed E-state index contributed by atoms with van der Waals surface area (Å²) in [6.07, 6.45) is 4.29. The van der Waals surface area contributed by atoms with Gasteiger partial charge in [-0.25, -0.2) is 0 Å². The molecule has 1 heterocycles. The van der Waals surface area contributed by atoms with Crippen LogP contribution >= 0.6 is 0 Å². The van der Waals surface area contributed by atoms with Crippen LogP contribution in [0.5, 0.6) is 0 Å². The van der Waals surface area contributed by atoms with Crippen molar-refractivity contribution >= 4 is 0 Å². The van der Waals surface area contributed by atoms with Crippen LogP contribution in [-0.2, 0) is 0 Å². The number of likely N-dealkylation sites (N-methyl/N-ethyl adjacent to an activating group) is 1. The molecule has 0 radical (unpaired) electrons. The van der Waals surface area contributed by atoms with Gasteiger partial charge < -0.3 is 5.32 Å². The Labute approximate surface area is 69.0 Å². The van der Waals surface area contributed by atoms with Gasteiger partial charge >= 0.3 is 0 Å². The van der Waals surface area contributed by atoms with Crippen LogP contribution in [0.3, 0.4) is 0 Å². The topological polar surface area (TPSA) is 15.3 Å². The first-order valence-corrected chi connectivity index (χ1v) is 4.83. The molecule has 1 aliphatic carbocycles. The molecule has 2 rings (SSSR count). The fraction of sp³-hybridized carbons (Fsp3) is 1.00. The quantitative estimate of drug-likeness (QED) is 0.602. The van der Waals surface area contributed by atoms with E-state index < -0.39 is 0 Å². The monoisotopic (exact) mass is 154 g/mol. The van der Waals surface area contributed by atoms with Gasteiger partial charge in [0.05, 0.1) is 0 Å². The second-order valence-corrected chi connectivity index (χ2v) is 3.83. The average molecular weight is 154 g/mol. The summed E-state index contributed by atoms with van der Waals surface area (Å²) in [7, 11) is 0. The van der Waals surface area contributed by atoms with E-state index in [0.717, 1.165) is 0 Å². The Morgan fingerprint density at radius 3 is 2.73 bits per heavy atom. The van der Waals surface area contributed by atoms with Gasteiger partial charge in [0.1, 0.15) is 0 Å². The molecule has 0 atom stereocenters.